The highest BCUT2D eigenvalue weighted by Gasteiger charge is 2.37. The summed E-state index contributed by atoms with van der Waals surface area (Å²) in [6.07, 6.45) is 3.59. The van der Waals surface area contributed by atoms with E-state index in [-0.39, 0.29) is 36.1 Å². The van der Waals surface area contributed by atoms with Gasteiger partial charge in [0.25, 0.3) is 5.91 Å². The van der Waals surface area contributed by atoms with E-state index in [0.29, 0.717) is 25.1 Å². The highest BCUT2D eigenvalue weighted by molar-refractivity contribution is 6.09. The van der Waals surface area contributed by atoms with Crippen molar-refractivity contribution >= 4 is 29.0 Å². The number of anilines is 2. The maximum Gasteiger partial charge on any atom is 0.418 e. The number of rotatable bonds is 10. The van der Waals surface area contributed by atoms with Crippen LogP contribution < -0.4 is 15.5 Å². The Morgan fingerprint density at radius 1 is 1.19 bits per heavy atom. The van der Waals surface area contributed by atoms with Crippen molar-refractivity contribution < 1.29 is 33.0 Å². The molecule has 2 heterocycles. The molecule has 0 bridgehead atoms. The summed E-state index contributed by atoms with van der Waals surface area (Å²) in [5.41, 5.74) is 0.618. The van der Waals surface area contributed by atoms with Crippen LogP contribution in [0.3, 0.4) is 0 Å². The summed E-state index contributed by atoms with van der Waals surface area (Å²) < 4.78 is 44.4. The molecule has 1 aromatic heterocycles. The standard InChI is InChI=1S/C30H34F3N5O4/c1-18(2)38-21(9-11-35-16-19-5-3-4-6-24(19)34)7-8-26(38)29(42)36-25-13-20(14-28(40)41)27(15-23(25)30(31,32)33)37-12-10-22(39)17-37/h3-8,13,15-16,18,22,34-35,39H,9-12,14,17H2,1-2H3,(H,36,42)(H,40,41)/b19-16-,34-24?/t22-/m1/s1. The Bertz CT molecular complexity index is 1460. The van der Waals surface area contributed by atoms with E-state index >= 15 is 0 Å². The quantitative estimate of drug-likeness (QED) is 0.257. The normalized spacial score (nSPS) is 17.9. The van der Waals surface area contributed by atoms with Gasteiger partial charge in [0.15, 0.2) is 0 Å². The topological polar surface area (TPSA) is 131 Å². The molecule has 224 valence electrons. The number of aliphatic hydroxyl groups excluding tert-OH is 1. The van der Waals surface area contributed by atoms with E-state index in [1.807, 2.05) is 26.0 Å². The molecule has 1 fully saturated rings. The summed E-state index contributed by atoms with van der Waals surface area (Å²) in [7, 11) is 0. The third-order valence-corrected chi connectivity index (χ3v) is 7.11. The van der Waals surface area contributed by atoms with Gasteiger partial charge in [-0.05, 0) is 56.2 Å². The molecule has 1 aliphatic heterocycles. The lowest BCUT2D eigenvalue weighted by Gasteiger charge is -2.25. The predicted octanol–water partition coefficient (Wildman–Crippen LogP) is 4.70. The van der Waals surface area contributed by atoms with Crippen molar-refractivity contribution in [3.63, 3.8) is 0 Å². The molecule has 1 aliphatic carbocycles. The van der Waals surface area contributed by atoms with E-state index in [1.165, 1.54) is 4.90 Å². The molecular weight excluding hydrogens is 551 g/mol. The fourth-order valence-electron chi connectivity index (χ4n) is 5.21. The summed E-state index contributed by atoms with van der Waals surface area (Å²) in [5.74, 6) is -1.99. The first-order valence-corrected chi connectivity index (χ1v) is 13.6. The SMILES string of the molecule is CC(C)n1c(CCN/C=C2/C=CC=CC2=N)ccc1C(=O)Nc1cc(CC(=O)O)c(N2CC[C@@H](O)C2)cc1C(F)(F)F. The van der Waals surface area contributed by atoms with Crippen molar-refractivity contribution in [3.05, 3.63) is 82.9 Å². The number of β-amino-alcohol motifs (C(OH)–C–C–N with tert-alkyl or cyclic N) is 1. The summed E-state index contributed by atoms with van der Waals surface area (Å²) in [4.78, 5) is 26.5. The van der Waals surface area contributed by atoms with E-state index < -0.39 is 41.8 Å². The number of carbonyl (C=O) groups excluding carboxylic acids is 1. The Labute approximate surface area is 241 Å². The monoisotopic (exact) mass is 585 g/mol. The van der Waals surface area contributed by atoms with Gasteiger partial charge < -0.3 is 35.7 Å². The number of alkyl halides is 3. The van der Waals surface area contributed by atoms with Crippen LogP contribution in [0.25, 0.3) is 0 Å². The summed E-state index contributed by atoms with van der Waals surface area (Å²) in [6, 6.07) is 5.05. The molecule has 0 spiro atoms. The molecule has 1 amide bonds. The van der Waals surface area contributed by atoms with Gasteiger partial charge in [-0.1, -0.05) is 18.2 Å². The first kappa shape index (κ1) is 30.6. The molecule has 5 N–H and O–H groups in total. The van der Waals surface area contributed by atoms with Crippen molar-refractivity contribution in [1.82, 2.24) is 9.88 Å². The van der Waals surface area contributed by atoms with Crippen molar-refractivity contribution in [2.75, 3.05) is 29.9 Å². The van der Waals surface area contributed by atoms with Crippen LogP contribution in [0.4, 0.5) is 24.5 Å². The zero-order valence-corrected chi connectivity index (χ0v) is 23.3. The van der Waals surface area contributed by atoms with E-state index in [0.717, 1.165) is 23.4 Å². The van der Waals surface area contributed by atoms with Crippen molar-refractivity contribution in [2.45, 2.75) is 51.4 Å². The van der Waals surface area contributed by atoms with Gasteiger partial charge in [-0.25, -0.2) is 0 Å². The number of nitrogens with one attached hydrogen (secondary N) is 3. The second-order valence-electron chi connectivity index (χ2n) is 10.5. The zero-order chi connectivity index (χ0) is 30.6. The van der Waals surface area contributed by atoms with Gasteiger partial charge in [-0.15, -0.1) is 0 Å². The molecule has 9 nitrogen and oxygen atoms in total. The number of halogens is 3. The minimum Gasteiger partial charge on any atom is -0.481 e. The van der Waals surface area contributed by atoms with E-state index in [9.17, 15) is 33.0 Å². The molecule has 4 rings (SSSR count). The van der Waals surface area contributed by atoms with Crippen LogP contribution in [0.5, 0.6) is 0 Å². The maximum atomic E-state index is 14.2. The number of aliphatic hydroxyl groups is 1. The van der Waals surface area contributed by atoms with Crippen LogP contribution in [-0.2, 0) is 23.8 Å². The number of allylic oxidation sites excluding steroid dienone is 5. The summed E-state index contributed by atoms with van der Waals surface area (Å²) in [5, 5.41) is 32.8. The molecule has 2 aliphatic rings. The van der Waals surface area contributed by atoms with Crippen LogP contribution in [0, 0.1) is 5.41 Å². The third kappa shape index (κ3) is 7.11. The van der Waals surface area contributed by atoms with Crippen LogP contribution in [-0.4, -0.2) is 58.1 Å². The Morgan fingerprint density at radius 3 is 2.55 bits per heavy atom. The molecular formula is C30H34F3N5O4. The predicted molar refractivity (Wildman–Crippen MR) is 154 cm³/mol. The number of carboxylic acid groups (broad SMARTS) is 1. The number of aromatic nitrogens is 1. The number of amides is 1. The molecule has 0 radical (unpaired) electrons. The van der Waals surface area contributed by atoms with Gasteiger partial charge in [0.1, 0.15) is 5.69 Å². The molecule has 42 heavy (non-hydrogen) atoms. The molecule has 1 saturated heterocycles. The Hall–Kier alpha value is -4.32. The molecule has 1 aromatic carbocycles. The van der Waals surface area contributed by atoms with Gasteiger partial charge >= 0.3 is 12.1 Å². The van der Waals surface area contributed by atoms with Crippen LogP contribution in [0.2, 0.25) is 0 Å². The second-order valence-corrected chi connectivity index (χ2v) is 10.5. The largest absolute Gasteiger partial charge is 0.481 e. The van der Waals surface area contributed by atoms with Gasteiger partial charge in [-0.2, -0.15) is 13.2 Å². The molecule has 12 heteroatoms. The lowest BCUT2D eigenvalue weighted by Crippen LogP contribution is -2.25. The lowest BCUT2D eigenvalue weighted by molar-refractivity contribution is -0.137. The number of hydrogen-bond acceptors (Lipinski definition) is 6. The summed E-state index contributed by atoms with van der Waals surface area (Å²) in [6.45, 7) is 4.59. The summed E-state index contributed by atoms with van der Waals surface area (Å²) >= 11 is 0. The highest BCUT2D eigenvalue weighted by atomic mass is 19.4. The smallest absolute Gasteiger partial charge is 0.418 e. The number of hydrogen-bond donors (Lipinski definition) is 5. The Balaban J connectivity index is 1.60. The van der Waals surface area contributed by atoms with Crippen LogP contribution in [0.15, 0.2) is 60.3 Å². The van der Waals surface area contributed by atoms with Crippen LogP contribution in [0.1, 0.15) is 53.6 Å². The van der Waals surface area contributed by atoms with E-state index in [1.54, 1.807) is 35.1 Å². The number of carbonyl (C=O) groups is 2. The van der Waals surface area contributed by atoms with Gasteiger partial charge in [0, 0.05) is 55.3 Å². The molecule has 2 aromatic rings. The van der Waals surface area contributed by atoms with Crippen molar-refractivity contribution in [1.29, 1.82) is 5.41 Å². The van der Waals surface area contributed by atoms with E-state index in [2.05, 4.69) is 10.6 Å². The molecule has 1 atom stereocenters. The minimum absolute atomic E-state index is 0.0736. The van der Waals surface area contributed by atoms with Gasteiger partial charge in [0.05, 0.1) is 29.5 Å². The average molecular weight is 586 g/mol. The molecule has 0 saturated carbocycles. The average Bonchev–Trinajstić information content (AvgIpc) is 3.53. The fraction of sp³-hybridized carbons (Fsp3) is 0.367. The Morgan fingerprint density at radius 2 is 1.93 bits per heavy atom. The number of nitrogens with zero attached hydrogens (tertiary/aromatic N) is 2. The third-order valence-electron chi connectivity index (χ3n) is 7.11. The van der Waals surface area contributed by atoms with Gasteiger partial charge in [-0.3, -0.25) is 9.59 Å². The van der Waals surface area contributed by atoms with Crippen molar-refractivity contribution in [3.8, 4) is 0 Å². The first-order chi connectivity index (χ1) is 19.8. The van der Waals surface area contributed by atoms with Gasteiger partial charge in [0.2, 0.25) is 0 Å². The fourth-order valence-corrected chi connectivity index (χ4v) is 5.21. The number of carboxylic acids is 1. The van der Waals surface area contributed by atoms with Crippen molar-refractivity contribution in [2.24, 2.45) is 0 Å². The van der Waals surface area contributed by atoms with E-state index in [4.69, 9.17) is 5.41 Å². The lowest BCUT2D eigenvalue weighted by atomic mass is 10.0. The minimum atomic E-state index is -4.83. The highest BCUT2D eigenvalue weighted by Crippen LogP contribution is 2.40. The van der Waals surface area contributed by atoms with Crippen LogP contribution >= 0.6 is 0 Å². The second kappa shape index (κ2) is 12.7. The Kier molecular flexibility index (Phi) is 9.25. The zero-order valence-electron chi connectivity index (χ0n) is 23.3. The number of aliphatic carboxylic acids is 1. The first-order valence-electron chi connectivity index (χ1n) is 13.6. The molecule has 0 unspecified atom stereocenters. The maximum absolute atomic E-state index is 14.2. The number of benzene rings is 1.